The van der Waals surface area contributed by atoms with E-state index in [1.807, 2.05) is 24.3 Å². The molecular formula is C10H12Cl2O2. The number of rotatable bonds is 4. The van der Waals surface area contributed by atoms with Crippen molar-refractivity contribution in [3.63, 3.8) is 0 Å². The van der Waals surface area contributed by atoms with Crippen molar-refractivity contribution >= 4 is 23.2 Å². The predicted octanol–water partition coefficient (Wildman–Crippen LogP) is 3.19. The van der Waals surface area contributed by atoms with Crippen LogP contribution in [0.1, 0.15) is 11.7 Å². The second-order valence-electron chi connectivity index (χ2n) is 2.76. The number of halogens is 2. The Bertz CT molecular complexity index is 272. The summed E-state index contributed by atoms with van der Waals surface area (Å²) in [6.45, 7) is 0. The molecule has 2 nitrogen and oxygen atoms in total. The van der Waals surface area contributed by atoms with E-state index < -0.39 is 4.84 Å². The quantitative estimate of drug-likeness (QED) is 0.746. The highest BCUT2D eigenvalue weighted by atomic mass is 35.5. The first-order chi connectivity index (χ1) is 6.69. The summed E-state index contributed by atoms with van der Waals surface area (Å²) in [6, 6.07) is 7.45. The second-order valence-corrected chi connectivity index (χ2v) is 3.93. The minimum absolute atomic E-state index is 0.302. The number of methoxy groups -OCH3 is 2. The van der Waals surface area contributed by atoms with Gasteiger partial charge in [-0.1, -0.05) is 12.1 Å². The first kappa shape index (κ1) is 11.6. The van der Waals surface area contributed by atoms with Gasteiger partial charge in [0, 0.05) is 7.11 Å². The third-order valence-corrected chi connectivity index (χ3v) is 2.38. The average Bonchev–Trinajstić information content (AvgIpc) is 2.19. The predicted molar refractivity (Wildman–Crippen MR) is 58.2 cm³/mol. The molecule has 0 aliphatic heterocycles. The monoisotopic (exact) mass is 234 g/mol. The molecule has 0 aromatic heterocycles. The van der Waals surface area contributed by atoms with E-state index in [4.69, 9.17) is 32.7 Å². The van der Waals surface area contributed by atoms with E-state index >= 15 is 0 Å². The van der Waals surface area contributed by atoms with Gasteiger partial charge in [0.15, 0.2) is 0 Å². The zero-order chi connectivity index (χ0) is 10.6. The van der Waals surface area contributed by atoms with Crippen LogP contribution in [0.15, 0.2) is 24.3 Å². The number of ether oxygens (including phenoxy) is 2. The van der Waals surface area contributed by atoms with E-state index in [2.05, 4.69) is 0 Å². The van der Waals surface area contributed by atoms with Gasteiger partial charge in [-0.3, -0.25) is 0 Å². The molecule has 14 heavy (non-hydrogen) atoms. The van der Waals surface area contributed by atoms with Gasteiger partial charge in [-0.15, -0.1) is 23.2 Å². The van der Waals surface area contributed by atoms with E-state index in [9.17, 15) is 0 Å². The van der Waals surface area contributed by atoms with Crippen LogP contribution in [0.5, 0.6) is 5.75 Å². The Balaban J connectivity index is 2.84. The summed E-state index contributed by atoms with van der Waals surface area (Å²) in [4.78, 5) is -0.576. The lowest BCUT2D eigenvalue weighted by atomic mass is 10.1. The van der Waals surface area contributed by atoms with Crippen LogP contribution >= 0.6 is 23.2 Å². The zero-order valence-corrected chi connectivity index (χ0v) is 9.55. The summed E-state index contributed by atoms with van der Waals surface area (Å²) in [5.41, 5.74) is 0.934. The molecule has 78 valence electrons. The van der Waals surface area contributed by atoms with Crippen molar-refractivity contribution in [1.29, 1.82) is 0 Å². The van der Waals surface area contributed by atoms with Crippen molar-refractivity contribution in [1.82, 2.24) is 0 Å². The molecule has 0 saturated heterocycles. The summed E-state index contributed by atoms with van der Waals surface area (Å²) in [5.74, 6) is 0.796. The van der Waals surface area contributed by atoms with Gasteiger partial charge in [0.2, 0.25) is 0 Å². The number of alkyl halides is 2. The van der Waals surface area contributed by atoms with E-state index in [1.165, 1.54) is 0 Å². The fourth-order valence-corrected chi connectivity index (χ4v) is 1.67. The van der Waals surface area contributed by atoms with E-state index in [-0.39, 0.29) is 6.10 Å². The maximum absolute atomic E-state index is 5.76. The Kier molecular flexibility index (Phi) is 4.52. The van der Waals surface area contributed by atoms with E-state index in [0.29, 0.717) is 0 Å². The van der Waals surface area contributed by atoms with Gasteiger partial charge in [0.25, 0.3) is 0 Å². The molecule has 1 atom stereocenters. The smallest absolute Gasteiger partial charge is 0.138 e. The number of hydrogen-bond donors (Lipinski definition) is 0. The average molecular weight is 235 g/mol. The minimum atomic E-state index is -0.576. The fourth-order valence-electron chi connectivity index (χ4n) is 1.18. The van der Waals surface area contributed by atoms with Crippen molar-refractivity contribution in [3.05, 3.63) is 29.8 Å². The molecule has 0 heterocycles. The molecular weight excluding hydrogens is 223 g/mol. The van der Waals surface area contributed by atoms with Crippen LogP contribution in [0.25, 0.3) is 0 Å². The summed E-state index contributed by atoms with van der Waals surface area (Å²) in [7, 11) is 3.20. The molecule has 1 aromatic carbocycles. The van der Waals surface area contributed by atoms with Crippen molar-refractivity contribution in [3.8, 4) is 5.75 Å². The maximum atomic E-state index is 5.76. The molecule has 0 spiro atoms. The molecule has 1 aromatic rings. The van der Waals surface area contributed by atoms with Gasteiger partial charge in [0.1, 0.15) is 16.7 Å². The van der Waals surface area contributed by atoms with Crippen LogP contribution in [0.4, 0.5) is 0 Å². The van der Waals surface area contributed by atoms with Gasteiger partial charge in [-0.2, -0.15) is 0 Å². The highest BCUT2D eigenvalue weighted by Gasteiger charge is 2.18. The molecule has 0 N–H and O–H groups in total. The molecule has 0 aliphatic rings. The van der Waals surface area contributed by atoms with Crippen molar-refractivity contribution in [2.24, 2.45) is 0 Å². The second kappa shape index (κ2) is 5.44. The van der Waals surface area contributed by atoms with Crippen LogP contribution in [0, 0.1) is 0 Å². The largest absolute Gasteiger partial charge is 0.497 e. The van der Waals surface area contributed by atoms with E-state index in [1.54, 1.807) is 14.2 Å². The Morgan fingerprint density at radius 3 is 2.00 bits per heavy atom. The van der Waals surface area contributed by atoms with Crippen LogP contribution < -0.4 is 4.74 Å². The summed E-state index contributed by atoms with van der Waals surface area (Å²) in [5, 5.41) is 0. The number of benzene rings is 1. The van der Waals surface area contributed by atoms with Crippen LogP contribution in [-0.2, 0) is 4.74 Å². The summed E-state index contributed by atoms with van der Waals surface area (Å²) < 4.78 is 10.2. The molecule has 1 rings (SSSR count). The SMILES string of the molecule is COc1ccc(C(OC)C(Cl)Cl)cc1. The molecule has 0 fully saturated rings. The molecule has 1 unspecified atom stereocenters. The number of hydrogen-bond acceptors (Lipinski definition) is 2. The lowest BCUT2D eigenvalue weighted by Gasteiger charge is -2.16. The molecule has 4 heteroatoms. The minimum Gasteiger partial charge on any atom is -0.497 e. The lowest BCUT2D eigenvalue weighted by molar-refractivity contribution is 0.114. The standard InChI is InChI=1S/C10H12Cl2O2/c1-13-8-5-3-7(4-6-8)9(14-2)10(11)12/h3-6,9-10H,1-2H3. The first-order valence-electron chi connectivity index (χ1n) is 4.14. The van der Waals surface area contributed by atoms with Gasteiger partial charge < -0.3 is 9.47 Å². The molecule has 0 aliphatic carbocycles. The highest BCUT2D eigenvalue weighted by molar-refractivity contribution is 6.44. The van der Waals surface area contributed by atoms with E-state index in [0.717, 1.165) is 11.3 Å². The maximum Gasteiger partial charge on any atom is 0.138 e. The first-order valence-corrected chi connectivity index (χ1v) is 5.01. The normalized spacial score (nSPS) is 12.9. The third-order valence-electron chi connectivity index (χ3n) is 1.93. The van der Waals surface area contributed by atoms with Gasteiger partial charge in [-0.25, -0.2) is 0 Å². The van der Waals surface area contributed by atoms with Gasteiger partial charge in [0.05, 0.1) is 7.11 Å². The van der Waals surface area contributed by atoms with Gasteiger partial charge in [-0.05, 0) is 17.7 Å². The van der Waals surface area contributed by atoms with Crippen LogP contribution in [0.3, 0.4) is 0 Å². The Labute approximate surface area is 93.7 Å². The molecule has 0 radical (unpaired) electrons. The topological polar surface area (TPSA) is 18.5 Å². The van der Waals surface area contributed by atoms with Gasteiger partial charge >= 0.3 is 0 Å². The Morgan fingerprint density at radius 1 is 1.07 bits per heavy atom. The summed E-state index contributed by atoms with van der Waals surface area (Å²) >= 11 is 11.5. The molecule has 0 bridgehead atoms. The molecule has 0 amide bonds. The van der Waals surface area contributed by atoms with Crippen LogP contribution in [-0.4, -0.2) is 19.1 Å². The third kappa shape index (κ3) is 2.77. The summed E-state index contributed by atoms with van der Waals surface area (Å²) in [6.07, 6.45) is -0.302. The van der Waals surface area contributed by atoms with Crippen molar-refractivity contribution in [2.75, 3.05) is 14.2 Å². The highest BCUT2D eigenvalue weighted by Crippen LogP contribution is 2.28. The Morgan fingerprint density at radius 2 is 1.64 bits per heavy atom. The van der Waals surface area contributed by atoms with Crippen LogP contribution in [0.2, 0.25) is 0 Å². The Hall–Kier alpha value is -0.440. The lowest BCUT2D eigenvalue weighted by Crippen LogP contribution is -2.09. The van der Waals surface area contributed by atoms with Crippen molar-refractivity contribution < 1.29 is 9.47 Å². The van der Waals surface area contributed by atoms with Crippen molar-refractivity contribution in [2.45, 2.75) is 10.9 Å². The molecule has 0 saturated carbocycles. The fraction of sp³-hybridized carbons (Fsp3) is 0.400. The zero-order valence-electron chi connectivity index (χ0n) is 8.04.